The molecule has 1 amide bonds. The fourth-order valence-corrected chi connectivity index (χ4v) is 3.52. The van der Waals surface area contributed by atoms with Crippen molar-refractivity contribution in [1.82, 2.24) is 9.88 Å². The molecule has 25 heavy (non-hydrogen) atoms. The molecule has 2 aromatic carbocycles. The second-order valence-corrected chi connectivity index (χ2v) is 6.73. The summed E-state index contributed by atoms with van der Waals surface area (Å²) in [5.74, 6) is -0.346. The molecule has 0 unspecified atom stereocenters. The molecule has 1 aliphatic rings. The van der Waals surface area contributed by atoms with Crippen LogP contribution in [0.25, 0.3) is 10.9 Å². The smallest absolute Gasteiger partial charge is 0.257 e. The van der Waals surface area contributed by atoms with Crippen LogP contribution >= 0.6 is 11.6 Å². The van der Waals surface area contributed by atoms with E-state index in [2.05, 4.69) is 11.4 Å². The number of rotatable bonds is 3. The number of pyridine rings is 1. The molecule has 3 aromatic rings. The zero-order valence-corrected chi connectivity index (χ0v) is 14.3. The number of para-hydroxylation sites is 1. The van der Waals surface area contributed by atoms with Crippen LogP contribution in [0.3, 0.4) is 0 Å². The summed E-state index contributed by atoms with van der Waals surface area (Å²) >= 11 is 5.87. The van der Waals surface area contributed by atoms with Gasteiger partial charge in [0.25, 0.3) is 5.91 Å². The number of aryl methyl sites for hydroxylation is 2. The number of aromatic nitrogens is 1. The lowest BCUT2D eigenvalue weighted by Gasteiger charge is -2.20. The Morgan fingerprint density at radius 2 is 1.96 bits per heavy atom. The van der Waals surface area contributed by atoms with Crippen molar-refractivity contribution >= 4 is 28.4 Å². The highest BCUT2D eigenvalue weighted by molar-refractivity contribution is 6.30. The SMILES string of the molecule is O=C(NCc1ccc(Cl)cc1)c1cn2c3c(cccc3c1=O)CCC2. The van der Waals surface area contributed by atoms with E-state index in [-0.39, 0.29) is 16.9 Å². The summed E-state index contributed by atoms with van der Waals surface area (Å²) < 4.78 is 2.03. The minimum atomic E-state index is -0.346. The molecule has 4 rings (SSSR count). The van der Waals surface area contributed by atoms with E-state index in [1.54, 1.807) is 24.4 Å². The molecule has 0 atom stereocenters. The second-order valence-electron chi connectivity index (χ2n) is 6.29. The molecule has 5 heteroatoms. The lowest BCUT2D eigenvalue weighted by atomic mass is 10.00. The van der Waals surface area contributed by atoms with Crippen LogP contribution in [0.5, 0.6) is 0 Å². The van der Waals surface area contributed by atoms with E-state index in [4.69, 9.17) is 11.6 Å². The van der Waals surface area contributed by atoms with E-state index in [1.165, 1.54) is 5.56 Å². The van der Waals surface area contributed by atoms with Gasteiger partial charge in [0.1, 0.15) is 5.56 Å². The van der Waals surface area contributed by atoms with Crippen molar-refractivity contribution in [2.45, 2.75) is 25.9 Å². The van der Waals surface area contributed by atoms with Gasteiger partial charge < -0.3 is 9.88 Å². The number of halogens is 1. The first kappa shape index (κ1) is 15.9. The minimum absolute atomic E-state index is 0.195. The molecule has 0 aliphatic carbocycles. The molecule has 1 N–H and O–H groups in total. The number of carbonyl (C=O) groups is 1. The molecule has 0 radical (unpaired) electrons. The number of hydrogen-bond acceptors (Lipinski definition) is 2. The first-order chi connectivity index (χ1) is 12.1. The van der Waals surface area contributed by atoms with Crippen LogP contribution in [0.1, 0.15) is 27.9 Å². The maximum absolute atomic E-state index is 12.8. The van der Waals surface area contributed by atoms with Gasteiger partial charge in [0.05, 0.1) is 5.52 Å². The van der Waals surface area contributed by atoms with Crippen molar-refractivity contribution in [1.29, 1.82) is 0 Å². The van der Waals surface area contributed by atoms with Gasteiger partial charge in [-0.15, -0.1) is 0 Å². The third-order valence-corrected chi connectivity index (χ3v) is 4.89. The standard InChI is InChI=1S/C20H17ClN2O2/c21-15-8-6-13(7-9-15)11-22-20(25)17-12-23-10-2-4-14-3-1-5-16(18(14)23)19(17)24/h1,3,5-9,12H,2,4,10-11H2,(H,22,25). The maximum Gasteiger partial charge on any atom is 0.257 e. The summed E-state index contributed by atoms with van der Waals surface area (Å²) in [5, 5.41) is 4.10. The Kier molecular flexibility index (Phi) is 4.06. The molecule has 126 valence electrons. The first-order valence-corrected chi connectivity index (χ1v) is 8.69. The van der Waals surface area contributed by atoms with E-state index in [1.807, 2.05) is 22.8 Å². The van der Waals surface area contributed by atoms with E-state index in [0.717, 1.165) is 30.5 Å². The Morgan fingerprint density at radius 3 is 2.76 bits per heavy atom. The summed E-state index contributed by atoms with van der Waals surface area (Å²) in [7, 11) is 0. The highest BCUT2D eigenvalue weighted by atomic mass is 35.5. The number of nitrogens with one attached hydrogen (secondary N) is 1. The van der Waals surface area contributed by atoms with Crippen LogP contribution in [0, 0.1) is 0 Å². The van der Waals surface area contributed by atoms with Crippen molar-refractivity contribution in [3.63, 3.8) is 0 Å². The van der Waals surface area contributed by atoms with Crippen molar-refractivity contribution in [2.24, 2.45) is 0 Å². The van der Waals surface area contributed by atoms with Gasteiger partial charge in [-0.2, -0.15) is 0 Å². The fraction of sp³-hybridized carbons (Fsp3) is 0.200. The van der Waals surface area contributed by atoms with Crippen LogP contribution in [0.2, 0.25) is 5.02 Å². The number of nitrogens with zero attached hydrogens (tertiary/aromatic N) is 1. The largest absolute Gasteiger partial charge is 0.348 e. The zero-order chi connectivity index (χ0) is 17.4. The molecule has 0 spiro atoms. The van der Waals surface area contributed by atoms with E-state index < -0.39 is 0 Å². The van der Waals surface area contributed by atoms with Crippen LogP contribution in [0.15, 0.2) is 53.5 Å². The molecular weight excluding hydrogens is 336 g/mol. The van der Waals surface area contributed by atoms with E-state index >= 15 is 0 Å². The fourth-order valence-electron chi connectivity index (χ4n) is 3.40. The molecule has 0 saturated carbocycles. The number of benzene rings is 2. The lowest BCUT2D eigenvalue weighted by Crippen LogP contribution is -2.30. The molecule has 0 fully saturated rings. The van der Waals surface area contributed by atoms with E-state index in [9.17, 15) is 9.59 Å². The molecule has 1 aliphatic heterocycles. The normalized spacial score (nSPS) is 13.0. The summed E-state index contributed by atoms with van der Waals surface area (Å²) in [6.45, 7) is 1.18. The molecule has 0 bridgehead atoms. The van der Waals surface area contributed by atoms with Crippen molar-refractivity contribution in [3.05, 3.63) is 80.6 Å². The lowest BCUT2D eigenvalue weighted by molar-refractivity contribution is 0.0949. The third kappa shape index (κ3) is 2.94. The minimum Gasteiger partial charge on any atom is -0.348 e. The predicted octanol–water partition coefficient (Wildman–Crippen LogP) is 3.53. The summed E-state index contributed by atoms with van der Waals surface area (Å²) in [6, 6.07) is 13.0. The van der Waals surface area contributed by atoms with Crippen molar-refractivity contribution in [3.8, 4) is 0 Å². The second kappa shape index (κ2) is 6.37. The van der Waals surface area contributed by atoms with Gasteiger partial charge in [0, 0.05) is 29.7 Å². The van der Waals surface area contributed by atoms with Gasteiger partial charge in [-0.05, 0) is 42.2 Å². The Hall–Kier alpha value is -2.59. The average Bonchev–Trinajstić information content (AvgIpc) is 2.64. The molecule has 1 aromatic heterocycles. The molecule has 0 saturated heterocycles. The van der Waals surface area contributed by atoms with E-state index in [0.29, 0.717) is 17.0 Å². The molecular formula is C20H17ClN2O2. The van der Waals surface area contributed by atoms with Gasteiger partial charge in [0.15, 0.2) is 0 Å². The predicted molar refractivity (Wildman–Crippen MR) is 99.2 cm³/mol. The Morgan fingerprint density at radius 1 is 1.16 bits per heavy atom. The highest BCUT2D eigenvalue weighted by Gasteiger charge is 2.19. The van der Waals surface area contributed by atoms with Crippen LogP contribution in [0.4, 0.5) is 0 Å². The van der Waals surface area contributed by atoms with Gasteiger partial charge in [-0.3, -0.25) is 9.59 Å². The quantitative estimate of drug-likeness (QED) is 0.784. The van der Waals surface area contributed by atoms with Crippen LogP contribution < -0.4 is 10.7 Å². The summed E-state index contributed by atoms with van der Waals surface area (Å²) in [6.07, 6.45) is 3.68. The van der Waals surface area contributed by atoms with Gasteiger partial charge in [0.2, 0.25) is 5.43 Å². The zero-order valence-electron chi connectivity index (χ0n) is 13.6. The van der Waals surface area contributed by atoms with Gasteiger partial charge >= 0.3 is 0 Å². The first-order valence-electron chi connectivity index (χ1n) is 8.31. The van der Waals surface area contributed by atoms with Crippen molar-refractivity contribution in [2.75, 3.05) is 0 Å². The van der Waals surface area contributed by atoms with Gasteiger partial charge in [-0.1, -0.05) is 35.9 Å². The summed E-state index contributed by atoms with van der Waals surface area (Å²) in [5.41, 5.74) is 3.06. The average molecular weight is 353 g/mol. The number of amides is 1. The van der Waals surface area contributed by atoms with Gasteiger partial charge in [-0.25, -0.2) is 0 Å². The number of carbonyl (C=O) groups excluding carboxylic acids is 1. The Labute approximate surface area is 150 Å². The van der Waals surface area contributed by atoms with Crippen LogP contribution in [-0.4, -0.2) is 10.5 Å². The maximum atomic E-state index is 12.8. The topological polar surface area (TPSA) is 51.1 Å². The molecule has 2 heterocycles. The van der Waals surface area contributed by atoms with Crippen LogP contribution in [-0.2, 0) is 19.5 Å². The molecule has 4 nitrogen and oxygen atoms in total. The monoisotopic (exact) mass is 352 g/mol. The highest BCUT2D eigenvalue weighted by Crippen LogP contribution is 2.23. The number of hydrogen-bond donors (Lipinski definition) is 1. The summed E-state index contributed by atoms with van der Waals surface area (Å²) in [4.78, 5) is 25.3. The van der Waals surface area contributed by atoms with Crippen molar-refractivity contribution < 1.29 is 4.79 Å². The third-order valence-electron chi connectivity index (χ3n) is 4.64. The Balaban J connectivity index is 1.67. The Bertz CT molecular complexity index is 1020.